The van der Waals surface area contributed by atoms with Gasteiger partial charge in [0, 0.05) is 18.9 Å². The lowest BCUT2D eigenvalue weighted by atomic mass is 10.3. The number of nitrogens with one attached hydrogen (secondary N) is 1. The standard InChI is InChI=1S/C10H11Cl2N3O2/c11-8-5-7(6-13-9(8)12)15(14-10(16)17)3-1-2-4-15/h5-6,14H,1-4H2/p+1. The van der Waals surface area contributed by atoms with Crippen molar-refractivity contribution >= 4 is 35.0 Å². The van der Waals surface area contributed by atoms with Crippen LogP contribution in [0.25, 0.3) is 0 Å². The van der Waals surface area contributed by atoms with Crippen molar-refractivity contribution in [1.29, 1.82) is 0 Å². The summed E-state index contributed by atoms with van der Waals surface area (Å²) in [6.07, 6.45) is 2.43. The van der Waals surface area contributed by atoms with Crippen LogP contribution in [-0.4, -0.2) is 29.3 Å². The number of halogens is 2. The van der Waals surface area contributed by atoms with Gasteiger partial charge in [-0.1, -0.05) is 23.2 Å². The van der Waals surface area contributed by atoms with Crippen LogP contribution in [0, 0.1) is 0 Å². The molecule has 2 N–H and O–H groups in total. The number of hydrogen-bond donors (Lipinski definition) is 2. The van der Waals surface area contributed by atoms with E-state index in [1.807, 2.05) is 0 Å². The molecule has 1 fully saturated rings. The van der Waals surface area contributed by atoms with Gasteiger partial charge in [0.05, 0.1) is 11.2 Å². The van der Waals surface area contributed by atoms with E-state index in [-0.39, 0.29) is 9.75 Å². The largest absolute Gasteiger partial charge is 0.462 e. The first-order chi connectivity index (χ1) is 8.03. The van der Waals surface area contributed by atoms with Gasteiger partial charge in [0.25, 0.3) is 0 Å². The molecule has 1 saturated heterocycles. The van der Waals surface area contributed by atoms with Gasteiger partial charge in [-0.25, -0.2) is 9.78 Å². The molecule has 92 valence electrons. The second-order valence-electron chi connectivity index (χ2n) is 4.01. The zero-order valence-electron chi connectivity index (χ0n) is 8.99. The number of carbonyl (C=O) groups is 1. The SMILES string of the molecule is O=C(O)N[N+]1(c2cnc(Cl)c(Cl)c2)CCCC1. The molecular weight excluding hydrogens is 265 g/mol. The third kappa shape index (κ3) is 2.46. The second-order valence-corrected chi connectivity index (χ2v) is 4.77. The molecule has 1 aromatic rings. The zero-order valence-corrected chi connectivity index (χ0v) is 10.5. The molecule has 1 aliphatic heterocycles. The Morgan fingerprint density at radius 2 is 2.06 bits per heavy atom. The highest BCUT2D eigenvalue weighted by atomic mass is 35.5. The first-order valence-electron chi connectivity index (χ1n) is 5.23. The highest BCUT2D eigenvalue weighted by molar-refractivity contribution is 6.41. The quantitative estimate of drug-likeness (QED) is 0.645. The molecular formula is C10H12Cl2N3O2+. The monoisotopic (exact) mass is 276 g/mol. The van der Waals surface area contributed by atoms with E-state index in [1.54, 1.807) is 12.3 Å². The number of hydrogen-bond acceptors (Lipinski definition) is 2. The molecule has 0 radical (unpaired) electrons. The number of nitrogens with zero attached hydrogens (tertiary/aromatic N) is 2. The smallest absolute Gasteiger partial charge is 0.449 e. The van der Waals surface area contributed by atoms with E-state index >= 15 is 0 Å². The van der Waals surface area contributed by atoms with E-state index in [0.29, 0.717) is 18.1 Å². The van der Waals surface area contributed by atoms with Gasteiger partial charge in [-0.2, -0.15) is 10.0 Å². The van der Waals surface area contributed by atoms with Crippen LogP contribution in [0.1, 0.15) is 12.8 Å². The predicted molar refractivity (Wildman–Crippen MR) is 66.2 cm³/mol. The van der Waals surface area contributed by atoms with E-state index in [1.165, 1.54) is 0 Å². The summed E-state index contributed by atoms with van der Waals surface area (Å²) in [5.74, 6) is 0. The van der Waals surface area contributed by atoms with Crippen LogP contribution in [0.3, 0.4) is 0 Å². The normalized spacial score (nSPS) is 18.0. The van der Waals surface area contributed by atoms with Crippen molar-refractivity contribution in [3.05, 3.63) is 22.4 Å². The maximum atomic E-state index is 10.9. The first kappa shape index (κ1) is 12.4. The van der Waals surface area contributed by atoms with E-state index in [0.717, 1.165) is 18.5 Å². The predicted octanol–water partition coefficient (Wildman–Crippen LogP) is 2.67. The summed E-state index contributed by atoms with van der Waals surface area (Å²) in [6.45, 7) is 1.40. The van der Waals surface area contributed by atoms with Crippen LogP contribution in [0.15, 0.2) is 12.3 Å². The van der Waals surface area contributed by atoms with Crippen molar-refractivity contribution in [3.8, 4) is 0 Å². The zero-order chi connectivity index (χ0) is 12.5. The molecule has 1 aliphatic rings. The minimum atomic E-state index is -1.06. The Hall–Kier alpha value is -1.04. The van der Waals surface area contributed by atoms with Crippen LogP contribution < -0.4 is 10.0 Å². The van der Waals surface area contributed by atoms with Crippen LogP contribution in [-0.2, 0) is 0 Å². The fourth-order valence-electron chi connectivity index (χ4n) is 2.14. The fraction of sp³-hybridized carbons (Fsp3) is 0.400. The topological polar surface area (TPSA) is 62.2 Å². The summed E-state index contributed by atoms with van der Waals surface area (Å²) >= 11 is 11.7. The third-order valence-corrected chi connectivity index (χ3v) is 3.60. The van der Waals surface area contributed by atoms with Gasteiger partial charge >= 0.3 is 6.09 Å². The van der Waals surface area contributed by atoms with Crippen molar-refractivity contribution in [2.45, 2.75) is 12.8 Å². The van der Waals surface area contributed by atoms with Gasteiger partial charge in [-0.15, -0.1) is 0 Å². The second kappa shape index (κ2) is 4.68. The summed E-state index contributed by atoms with van der Waals surface area (Å²) in [4.78, 5) is 14.8. The summed E-state index contributed by atoms with van der Waals surface area (Å²) in [5.41, 5.74) is 3.25. The summed E-state index contributed by atoms with van der Waals surface area (Å²) < 4.78 is 0.166. The van der Waals surface area contributed by atoms with Crippen LogP contribution in [0.5, 0.6) is 0 Å². The molecule has 2 rings (SSSR count). The number of aromatic nitrogens is 1. The number of pyridine rings is 1. The summed E-state index contributed by atoms with van der Waals surface area (Å²) in [6, 6.07) is 1.66. The van der Waals surface area contributed by atoms with Crippen LogP contribution in [0.2, 0.25) is 10.2 Å². The molecule has 0 spiro atoms. The number of quaternary nitrogens is 1. The van der Waals surface area contributed by atoms with Gasteiger partial charge < -0.3 is 5.11 Å². The van der Waals surface area contributed by atoms with Crippen molar-refractivity contribution in [1.82, 2.24) is 15.0 Å². The highest BCUT2D eigenvalue weighted by Crippen LogP contribution is 2.31. The van der Waals surface area contributed by atoms with Crippen molar-refractivity contribution in [2.75, 3.05) is 13.1 Å². The van der Waals surface area contributed by atoms with Crippen molar-refractivity contribution in [3.63, 3.8) is 0 Å². The molecule has 0 atom stereocenters. The summed E-state index contributed by atoms with van der Waals surface area (Å²) in [5, 5.41) is 9.48. The minimum absolute atomic E-state index is 0.166. The molecule has 0 bridgehead atoms. The van der Waals surface area contributed by atoms with Gasteiger partial charge in [0.2, 0.25) is 0 Å². The Labute approximate surface area is 109 Å². The third-order valence-electron chi connectivity index (χ3n) is 2.92. The van der Waals surface area contributed by atoms with Gasteiger partial charge in [0.15, 0.2) is 5.69 Å². The highest BCUT2D eigenvalue weighted by Gasteiger charge is 2.37. The first-order valence-corrected chi connectivity index (χ1v) is 5.99. The van der Waals surface area contributed by atoms with Crippen LogP contribution in [0.4, 0.5) is 10.5 Å². The van der Waals surface area contributed by atoms with Gasteiger partial charge in [-0.05, 0) is 0 Å². The Bertz CT molecular complexity index is 447. The Kier molecular flexibility index (Phi) is 3.42. The summed E-state index contributed by atoms with van der Waals surface area (Å²) in [7, 11) is 0. The molecule has 5 nitrogen and oxygen atoms in total. The average Bonchev–Trinajstić information content (AvgIpc) is 2.70. The molecule has 1 amide bonds. The van der Waals surface area contributed by atoms with Crippen LogP contribution >= 0.6 is 23.2 Å². The van der Waals surface area contributed by atoms with E-state index in [2.05, 4.69) is 10.4 Å². The fourth-order valence-corrected chi connectivity index (χ4v) is 2.40. The maximum absolute atomic E-state index is 10.9. The molecule has 0 unspecified atom stereocenters. The lowest BCUT2D eigenvalue weighted by Gasteiger charge is -2.31. The van der Waals surface area contributed by atoms with E-state index < -0.39 is 6.09 Å². The molecule has 0 saturated carbocycles. The maximum Gasteiger partial charge on any atom is 0.449 e. The molecule has 7 heteroatoms. The number of amides is 1. The van der Waals surface area contributed by atoms with Crippen molar-refractivity contribution in [2.24, 2.45) is 0 Å². The average molecular weight is 277 g/mol. The molecule has 17 heavy (non-hydrogen) atoms. The lowest BCUT2D eigenvalue weighted by Crippen LogP contribution is -2.59. The number of carboxylic acid groups (broad SMARTS) is 1. The molecule has 0 aliphatic carbocycles. The van der Waals surface area contributed by atoms with E-state index in [9.17, 15) is 4.79 Å². The van der Waals surface area contributed by atoms with Gasteiger partial charge in [0.1, 0.15) is 18.2 Å². The van der Waals surface area contributed by atoms with Gasteiger partial charge in [-0.3, -0.25) is 0 Å². The van der Waals surface area contributed by atoms with Crippen molar-refractivity contribution < 1.29 is 9.90 Å². The molecule has 2 heterocycles. The Morgan fingerprint density at radius 3 is 2.59 bits per heavy atom. The molecule has 1 aromatic heterocycles. The Morgan fingerprint density at radius 1 is 1.41 bits per heavy atom. The van der Waals surface area contributed by atoms with E-state index in [4.69, 9.17) is 28.3 Å². The lowest BCUT2D eigenvalue weighted by molar-refractivity contribution is 0.154. The Balaban J connectivity index is 2.38. The minimum Gasteiger partial charge on any atom is -0.462 e. The molecule has 0 aromatic carbocycles. The number of rotatable bonds is 2.